The van der Waals surface area contributed by atoms with Gasteiger partial charge in [0.25, 0.3) is 0 Å². The lowest BCUT2D eigenvalue weighted by molar-refractivity contribution is 0.0105. The van der Waals surface area contributed by atoms with Crippen LogP contribution in [0.25, 0.3) is 10.4 Å². The molecular weight excluding hydrogens is 329 g/mol. The molecule has 0 aliphatic carbocycles. The lowest BCUT2D eigenvalue weighted by Crippen LogP contribution is -2.45. The van der Waals surface area contributed by atoms with Gasteiger partial charge in [-0.1, -0.05) is 29.3 Å². The predicted molar refractivity (Wildman–Crippen MR) is 86.8 cm³/mol. The highest BCUT2D eigenvalue weighted by atomic mass is 35.5. The zero-order valence-corrected chi connectivity index (χ0v) is 13.6. The Morgan fingerprint density at radius 1 is 1.24 bits per heavy atom. The summed E-state index contributed by atoms with van der Waals surface area (Å²) in [5, 5.41) is 4.47. The van der Waals surface area contributed by atoms with Crippen LogP contribution in [0.2, 0.25) is 10.0 Å². The van der Waals surface area contributed by atoms with E-state index in [9.17, 15) is 0 Å². The Hall–Kier alpha value is -0.690. The summed E-state index contributed by atoms with van der Waals surface area (Å²) in [5.74, 6) is 0. The molecule has 0 unspecified atom stereocenters. The van der Waals surface area contributed by atoms with Gasteiger partial charge in [0.05, 0.1) is 34.7 Å². The molecule has 2 heterocycles. The summed E-state index contributed by atoms with van der Waals surface area (Å²) < 4.78 is 5.32. The van der Waals surface area contributed by atoms with Crippen LogP contribution in [0, 0.1) is 0 Å². The van der Waals surface area contributed by atoms with E-state index in [1.165, 1.54) is 0 Å². The molecule has 1 fully saturated rings. The summed E-state index contributed by atoms with van der Waals surface area (Å²) in [5.41, 5.74) is 4.22. The molecule has 4 nitrogen and oxygen atoms in total. The number of nitrogens with one attached hydrogen (secondary N) is 1. The van der Waals surface area contributed by atoms with Gasteiger partial charge < -0.3 is 4.74 Å². The van der Waals surface area contributed by atoms with Crippen molar-refractivity contribution in [2.45, 2.75) is 6.54 Å². The van der Waals surface area contributed by atoms with Gasteiger partial charge >= 0.3 is 0 Å². The van der Waals surface area contributed by atoms with Gasteiger partial charge in [-0.15, -0.1) is 11.3 Å². The molecule has 7 heteroatoms. The van der Waals surface area contributed by atoms with E-state index in [4.69, 9.17) is 27.9 Å². The molecule has 1 aromatic heterocycles. The third kappa shape index (κ3) is 3.74. The van der Waals surface area contributed by atoms with Gasteiger partial charge in [0.15, 0.2) is 0 Å². The second-order valence-electron chi connectivity index (χ2n) is 4.65. The Labute approximate surface area is 137 Å². The van der Waals surface area contributed by atoms with Gasteiger partial charge in [-0.2, -0.15) is 0 Å². The molecule has 1 saturated heterocycles. The van der Waals surface area contributed by atoms with Gasteiger partial charge in [-0.05, 0) is 12.1 Å². The first-order chi connectivity index (χ1) is 10.2. The molecule has 0 amide bonds. The molecule has 0 spiro atoms. The van der Waals surface area contributed by atoms with Crippen molar-refractivity contribution < 1.29 is 4.74 Å². The standard InChI is InChI=1S/C14H15Cl2N3OS/c15-10-2-1-3-11(16)14(10)12-8-17-13(21-12)9-18-19-4-6-20-7-5-19/h1-3,8,18H,4-7,9H2. The highest BCUT2D eigenvalue weighted by Gasteiger charge is 2.13. The van der Waals surface area contributed by atoms with E-state index in [-0.39, 0.29) is 0 Å². The number of aromatic nitrogens is 1. The summed E-state index contributed by atoms with van der Waals surface area (Å²) in [7, 11) is 0. The SMILES string of the molecule is Clc1cccc(Cl)c1-c1cnc(CNN2CCOCC2)s1. The fraction of sp³-hybridized carbons (Fsp3) is 0.357. The smallest absolute Gasteiger partial charge is 0.108 e. The maximum absolute atomic E-state index is 6.23. The molecule has 1 aromatic carbocycles. The number of thiazole rings is 1. The molecule has 1 N–H and O–H groups in total. The molecular formula is C14H15Cl2N3OS. The Balaban J connectivity index is 1.68. The topological polar surface area (TPSA) is 37.4 Å². The maximum atomic E-state index is 6.23. The lowest BCUT2D eigenvalue weighted by Gasteiger charge is -2.26. The summed E-state index contributed by atoms with van der Waals surface area (Å²) in [6.07, 6.45) is 1.83. The monoisotopic (exact) mass is 343 g/mol. The van der Waals surface area contributed by atoms with Gasteiger partial charge in [-0.25, -0.2) is 15.4 Å². The number of ether oxygens (including phenoxy) is 1. The van der Waals surface area contributed by atoms with Crippen molar-refractivity contribution in [1.82, 2.24) is 15.4 Å². The van der Waals surface area contributed by atoms with Crippen LogP contribution < -0.4 is 5.43 Å². The Kier molecular flexibility index (Phi) is 5.11. The van der Waals surface area contributed by atoms with Crippen molar-refractivity contribution in [2.75, 3.05) is 26.3 Å². The molecule has 0 atom stereocenters. The van der Waals surface area contributed by atoms with Gasteiger partial charge in [0.1, 0.15) is 5.01 Å². The summed E-state index contributed by atoms with van der Waals surface area (Å²) in [6.45, 7) is 4.03. The first-order valence-electron chi connectivity index (χ1n) is 6.69. The van der Waals surface area contributed by atoms with E-state index < -0.39 is 0 Å². The number of hydrogen-bond donors (Lipinski definition) is 1. The maximum Gasteiger partial charge on any atom is 0.108 e. The van der Waals surface area contributed by atoms with E-state index in [1.54, 1.807) is 11.3 Å². The average Bonchev–Trinajstić information content (AvgIpc) is 2.95. The van der Waals surface area contributed by atoms with Gasteiger partial charge in [0, 0.05) is 24.8 Å². The van der Waals surface area contributed by atoms with E-state index in [0.717, 1.165) is 41.8 Å². The molecule has 2 aromatic rings. The van der Waals surface area contributed by atoms with Crippen LogP contribution >= 0.6 is 34.5 Å². The molecule has 3 rings (SSSR count). The minimum absolute atomic E-state index is 0.652. The van der Waals surface area contributed by atoms with Crippen molar-refractivity contribution in [3.63, 3.8) is 0 Å². The van der Waals surface area contributed by atoms with Crippen LogP contribution in [0.15, 0.2) is 24.4 Å². The van der Waals surface area contributed by atoms with Crippen molar-refractivity contribution in [3.05, 3.63) is 39.4 Å². The first-order valence-corrected chi connectivity index (χ1v) is 8.26. The van der Waals surface area contributed by atoms with Crippen molar-refractivity contribution >= 4 is 34.5 Å². The number of benzene rings is 1. The molecule has 1 aliphatic heterocycles. The van der Waals surface area contributed by atoms with Gasteiger partial charge in [0.2, 0.25) is 0 Å². The van der Waals surface area contributed by atoms with Crippen LogP contribution in [0.5, 0.6) is 0 Å². The Morgan fingerprint density at radius 3 is 2.67 bits per heavy atom. The number of halogens is 2. The zero-order chi connectivity index (χ0) is 14.7. The Bertz CT molecular complexity index is 594. The van der Waals surface area contributed by atoms with Crippen LogP contribution in [-0.2, 0) is 11.3 Å². The van der Waals surface area contributed by atoms with E-state index in [2.05, 4.69) is 15.4 Å². The predicted octanol–water partition coefficient (Wildman–Crippen LogP) is 3.45. The molecule has 0 saturated carbocycles. The average molecular weight is 344 g/mol. The van der Waals surface area contributed by atoms with Crippen molar-refractivity contribution in [1.29, 1.82) is 0 Å². The quantitative estimate of drug-likeness (QED) is 0.922. The largest absolute Gasteiger partial charge is 0.379 e. The van der Waals surface area contributed by atoms with Crippen LogP contribution in [0.3, 0.4) is 0 Å². The third-order valence-corrected chi connectivity index (χ3v) is 4.87. The number of morpholine rings is 1. The van der Waals surface area contributed by atoms with E-state index >= 15 is 0 Å². The lowest BCUT2D eigenvalue weighted by atomic mass is 10.2. The first kappa shape index (κ1) is 15.2. The van der Waals surface area contributed by atoms with Gasteiger partial charge in [-0.3, -0.25) is 0 Å². The fourth-order valence-corrected chi connectivity index (χ4v) is 3.78. The van der Waals surface area contributed by atoms with Crippen LogP contribution in [0.4, 0.5) is 0 Å². The second-order valence-corrected chi connectivity index (χ2v) is 6.58. The highest BCUT2D eigenvalue weighted by Crippen LogP contribution is 2.37. The zero-order valence-electron chi connectivity index (χ0n) is 11.3. The summed E-state index contributed by atoms with van der Waals surface area (Å²) >= 11 is 14.1. The number of hydrazine groups is 1. The van der Waals surface area contributed by atoms with Crippen molar-refractivity contribution in [2.24, 2.45) is 0 Å². The second kappa shape index (κ2) is 7.05. The van der Waals surface area contributed by atoms with Crippen LogP contribution in [0.1, 0.15) is 5.01 Å². The molecule has 112 valence electrons. The number of rotatable bonds is 4. The molecule has 0 radical (unpaired) electrons. The molecule has 21 heavy (non-hydrogen) atoms. The van der Waals surface area contributed by atoms with E-state index in [0.29, 0.717) is 16.6 Å². The number of nitrogens with zero attached hydrogens (tertiary/aromatic N) is 2. The molecule has 0 bridgehead atoms. The molecule has 1 aliphatic rings. The Morgan fingerprint density at radius 2 is 1.95 bits per heavy atom. The normalized spacial score (nSPS) is 16.3. The third-order valence-electron chi connectivity index (χ3n) is 3.23. The fourth-order valence-electron chi connectivity index (χ4n) is 2.14. The minimum Gasteiger partial charge on any atom is -0.379 e. The summed E-state index contributed by atoms with van der Waals surface area (Å²) in [6, 6.07) is 5.53. The van der Waals surface area contributed by atoms with E-state index in [1.807, 2.05) is 24.4 Å². The summed E-state index contributed by atoms with van der Waals surface area (Å²) in [4.78, 5) is 5.43. The van der Waals surface area contributed by atoms with Crippen LogP contribution in [-0.4, -0.2) is 36.3 Å². The van der Waals surface area contributed by atoms with Crippen molar-refractivity contribution in [3.8, 4) is 10.4 Å². The minimum atomic E-state index is 0.652. The highest BCUT2D eigenvalue weighted by molar-refractivity contribution is 7.15. The number of hydrogen-bond acceptors (Lipinski definition) is 5.